The lowest BCUT2D eigenvalue weighted by molar-refractivity contribution is -0.118. The Morgan fingerprint density at radius 1 is 1.25 bits per heavy atom. The first-order chi connectivity index (χ1) is 7.22. The summed E-state index contributed by atoms with van der Waals surface area (Å²) in [5.74, 6) is 0. The summed E-state index contributed by atoms with van der Waals surface area (Å²) in [4.78, 5) is 0. The Labute approximate surface area is 101 Å². The van der Waals surface area contributed by atoms with Gasteiger partial charge in [0.1, 0.15) is 0 Å². The van der Waals surface area contributed by atoms with Crippen LogP contribution in [0.1, 0.15) is 33.6 Å². The Kier molecular flexibility index (Phi) is 11.0. The molecule has 0 heterocycles. The van der Waals surface area contributed by atoms with Crippen molar-refractivity contribution in [1.29, 1.82) is 0 Å². The normalized spacial score (nSPS) is 11.6. The van der Waals surface area contributed by atoms with Gasteiger partial charge >= 0.3 is 6.18 Å². The molecule has 0 aromatic heterocycles. The average molecular weight is 255 g/mol. The third-order valence-corrected chi connectivity index (χ3v) is 1.98. The van der Waals surface area contributed by atoms with Gasteiger partial charge in [-0.3, -0.25) is 0 Å². The average Bonchev–Trinajstić information content (AvgIpc) is 2.17. The maximum absolute atomic E-state index is 10.7. The number of hydrogen-bond acceptors (Lipinski definition) is 2. The lowest BCUT2D eigenvalue weighted by Crippen LogP contribution is -2.21. The van der Waals surface area contributed by atoms with Crippen LogP contribution in [0.15, 0.2) is 22.6 Å². The maximum Gasteiger partial charge on any atom is 0.400 e. The van der Waals surface area contributed by atoms with Crippen LogP contribution >= 0.6 is 12.6 Å². The van der Waals surface area contributed by atoms with E-state index in [2.05, 4.69) is 45.2 Å². The minimum atomic E-state index is -4.18. The molecule has 1 nitrogen and oxygen atoms in total. The van der Waals surface area contributed by atoms with Gasteiger partial charge in [0.2, 0.25) is 0 Å². The molecule has 0 fully saturated rings. The second-order valence-corrected chi connectivity index (χ2v) is 3.87. The van der Waals surface area contributed by atoms with Crippen LogP contribution in [0.3, 0.4) is 0 Å². The molecule has 0 aliphatic rings. The summed E-state index contributed by atoms with van der Waals surface area (Å²) < 4.78 is 32.0. The van der Waals surface area contributed by atoms with Crippen LogP contribution < -0.4 is 5.73 Å². The number of halogens is 3. The van der Waals surface area contributed by atoms with Crippen molar-refractivity contribution in [3.63, 3.8) is 0 Å². The maximum atomic E-state index is 10.7. The predicted molar refractivity (Wildman–Crippen MR) is 66.5 cm³/mol. The molecule has 0 rings (SSSR count). The Bertz CT molecular complexity index is 228. The van der Waals surface area contributed by atoms with E-state index in [0.29, 0.717) is 0 Å². The largest absolute Gasteiger partial charge is 0.400 e. The zero-order valence-corrected chi connectivity index (χ0v) is 10.8. The van der Waals surface area contributed by atoms with E-state index in [1.54, 1.807) is 0 Å². The number of nitrogens with two attached hydrogens (primary N) is 1. The molecule has 96 valence electrons. The van der Waals surface area contributed by atoms with Crippen LogP contribution in [0, 0.1) is 0 Å². The standard InChI is InChI=1S/C9H16S.C2H4F3N/c1-8(2)5-4-6-9(3)7-10;3-2(4,5)1-6/h5,7,10H,4,6H2,1-3H3;1,6H2/b9-7-;. The molecular formula is C11H20F3NS. The molecule has 0 saturated carbocycles. The highest BCUT2D eigenvalue weighted by atomic mass is 32.1. The molecule has 0 saturated heterocycles. The van der Waals surface area contributed by atoms with Crippen molar-refractivity contribution in [3.05, 3.63) is 22.6 Å². The molecule has 0 bridgehead atoms. The van der Waals surface area contributed by atoms with Crippen LogP contribution in [-0.4, -0.2) is 12.7 Å². The van der Waals surface area contributed by atoms with Crippen molar-refractivity contribution in [3.8, 4) is 0 Å². The van der Waals surface area contributed by atoms with Crippen molar-refractivity contribution in [2.24, 2.45) is 5.73 Å². The van der Waals surface area contributed by atoms with E-state index in [0.717, 1.165) is 12.8 Å². The summed E-state index contributed by atoms with van der Waals surface area (Å²) in [6.45, 7) is 5.12. The summed E-state index contributed by atoms with van der Waals surface area (Å²) in [7, 11) is 0. The fourth-order valence-corrected chi connectivity index (χ4v) is 0.782. The van der Waals surface area contributed by atoms with Gasteiger partial charge in [-0.25, -0.2) is 0 Å². The molecule has 0 aliphatic heterocycles. The molecule has 0 atom stereocenters. The third-order valence-electron chi connectivity index (χ3n) is 1.54. The summed E-state index contributed by atoms with van der Waals surface area (Å²) in [5, 5.41) is 1.87. The van der Waals surface area contributed by atoms with Gasteiger partial charge in [0.15, 0.2) is 0 Å². The zero-order valence-electron chi connectivity index (χ0n) is 9.93. The van der Waals surface area contributed by atoms with Gasteiger partial charge in [-0.2, -0.15) is 25.8 Å². The minimum Gasteiger partial charge on any atom is -0.323 e. The smallest absolute Gasteiger partial charge is 0.323 e. The molecule has 0 aliphatic carbocycles. The number of thiol groups is 1. The van der Waals surface area contributed by atoms with Gasteiger partial charge in [-0.05, 0) is 39.0 Å². The van der Waals surface area contributed by atoms with E-state index < -0.39 is 12.7 Å². The van der Waals surface area contributed by atoms with E-state index in [9.17, 15) is 13.2 Å². The van der Waals surface area contributed by atoms with Crippen LogP contribution in [0.25, 0.3) is 0 Å². The molecule has 2 N–H and O–H groups in total. The van der Waals surface area contributed by atoms with Crippen LogP contribution in [0.2, 0.25) is 0 Å². The fourth-order valence-electron chi connectivity index (χ4n) is 0.653. The molecule has 0 aromatic rings. The summed E-state index contributed by atoms with van der Waals surface area (Å²) in [6.07, 6.45) is 0.348. The van der Waals surface area contributed by atoms with Gasteiger partial charge in [-0.1, -0.05) is 17.2 Å². The summed E-state index contributed by atoms with van der Waals surface area (Å²) in [5.41, 5.74) is 6.92. The Balaban J connectivity index is 0. The van der Waals surface area contributed by atoms with Gasteiger partial charge < -0.3 is 5.73 Å². The monoisotopic (exact) mass is 255 g/mol. The number of hydrogen-bond donors (Lipinski definition) is 2. The number of rotatable bonds is 3. The molecule has 0 unspecified atom stereocenters. The Morgan fingerprint density at radius 2 is 1.69 bits per heavy atom. The lowest BCUT2D eigenvalue weighted by Gasteiger charge is -1.96. The van der Waals surface area contributed by atoms with Crippen LogP contribution in [0.4, 0.5) is 13.2 Å². The SMILES string of the molecule is CC(C)=CCC/C(C)=C\S.NCC(F)(F)F. The van der Waals surface area contributed by atoms with Gasteiger partial charge in [0, 0.05) is 0 Å². The van der Waals surface area contributed by atoms with E-state index in [1.165, 1.54) is 11.1 Å². The number of allylic oxidation sites excluding steroid dienone is 3. The zero-order chi connectivity index (χ0) is 13.2. The first-order valence-electron chi connectivity index (χ1n) is 4.93. The highest BCUT2D eigenvalue weighted by Gasteiger charge is 2.23. The summed E-state index contributed by atoms with van der Waals surface area (Å²) in [6, 6.07) is 0. The van der Waals surface area contributed by atoms with E-state index in [1.807, 2.05) is 5.41 Å². The predicted octanol–water partition coefficient (Wildman–Crippen LogP) is 4.07. The van der Waals surface area contributed by atoms with Gasteiger partial charge in [0.25, 0.3) is 0 Å². The van der Waals surface area contributed by atoms with Crippen LogP contribution in [0.5, 0.6) is 0 Å². The van der Waals surface area contributed by atoms with Crippen molar-refractivity contribution < 1.29 is 13.2 Å². The van der Waals surface area contributed by atoms with Crippen molar-refractivity contribution >= 4 is 12.6 Å². The molecule has 16 heavy (non-hydrogen) atoms. The van der Waals surface area contributed by atoms with Crippen molar-refractivity contribution in [2.75, 3.05) is 6.54 Å². The van der Waals surface area contributed by atoms with Crippen molar-refractivity contribution in [2.45, 2.75) is 39.8 Å². The topological polar surface area (TPSA) is 26.0 Å². The highest BCUT2D eigenvalue weighted by Crippen LogP contribution is 2.10. The molecule has 5 heteroatoms. The molecule has 0 radical (unpaired) electrons. The first kappa shape index (κ1) is 18.0. The number of alkyl halides is 3. The second-order valence-electron chi connectivity index (χ2n) is 3.61. The molecule has 0 aromatic carbocycles. The van der Waals surface area contributed by atoms with Crippen LogP contribution in [-0.2, 0) is 0 Å². The highest BCUT2D eigenvalue weighted by molar-refractivity contribution is 7.83. The molecular weight excluding hydrogens is 235 g/mol. The van der Waals surface area contributed by atoms with E-state index >= 15 is 0 Å². The van der Waals surface area contributed by atoms with Crippen molar-refractivity contribution in [1.82, 2.24) is 0 Å². The first-order valence-corrected chi connectivity index (χ1v) is 5.44. The third kappa shape index (κ3) is 19.2. The van der Waals surface area contributed by atoms with E-state index in [4.69, 9.17) is 0 Å². The summed E-state index contributed by atoms with van der Waals surface area (Å²) >= 11 is 4.06. The molecule has 0 spiro atoms. The van der Waals surface area contributed by atoms with Gasteiger partial charge in [-0.15, -0.1) is 0 Å². The lowest BCUT2D eigenvalue weighted by atomic mass is 10.1. The van der Waals surface area contributed by atoms with Gasteiger partial charge in [0.05, 0.1) is 6.54 Å². The quantitative estimate of drug-likeness (QED) is 0.577. The fraction of sp³-hybridized carbons (Fsp3) is 0.636. The Morgan fingerprint density at radius 3 is 1.94 bits per heavy atom. The minimum absolute atomic E-state index is 1.13. The van der Waals surface area contributed by atoms with E-state index in [-0.39, 0.29) is 0 Å². The second kappa shape index (κ2) is 9.78. The Hall–Kier alpha value is -0.420. The molecule has 0 amide bonds.